The maximum absolute atomic E-state index is 12.8. The van der Waals surface area contributed by atoms with E-state index in [4.69, 9.17) is 0 Å². The van der Waals surface area contributed by atoms with Crippen LogP contribution in [0.5, 0.6) is 0 Å². The van der Waals surface area contributed by atoms with Crippen molar-refractivity contribution < 1.29 is 9.59 Å². The summed E-state index contributed by atoms with van der Waals surface area (Å²) < 4.78 is 0.996. The topological polar surface area (TPSA) is 69.3 Å². The number of rotatable bonds is 6. The third-order valence-electron chi connectivity index (χ3n) is 5.57. The van der Waals surface area contributed by atoms with Crippen molar-refractivity contribution in [2.45, 2.75) is 19.3 Å². The monoisotopic (exact) mass is 480 g/mol. The summed E-state index contributed by atoms with van der Waals surface area (Å²) in [7, 11) is 0. The summed E-state index contributed by atoms with van der Waals surface area (Å²) >= 11 is 3.42. The van der Waals surface area contributed by atoms with E-state index in [0.717, 1.165) is 28.6 Å². The van der Waals surface area contributed by atoms with Crippen LogP contribution in [0.2, 0.25) is 0 Å². The highest BCUT2D eigenvalue weighted by Gasteiger charge is 2.25. The van der Waals surface area contributed by atoms with Crippen LogP contribution < -0.4 is 0 Å². The smallest absolute Gasteiger partial charge is 0.272 e. The number of aromatic nitrogens is 2. The highest BCUT2D eigenvalue weighted by atomic mass is 79.9. The van der Waals surface area contributed by atoms with Crippen LogP contribution >= 0.6 is 15.9 Å². The van der Waals surface area contributed by atoms with Crippen LogP contribution in [-0.4, -0.2) is 58.0 Å². The molecule has 3 aromatic rings. The van der Waals surface area contributed by atoms with E-state index < -0.39 is 0 Å². The molecule has 6 nitrogen and oxygen atoms in total. The average molecular weight is 481 g/mol. The van der Waals surface area contributed by atoms with Crippen molar-refractivity contribution in [3.63, 3.8) is 0 Å². The molecule has 0 bridgehead atoms. The van der Waals surface area contributed by atoms with Crippen molar-refractivity contribution >= 4 is 27.7 Å². The summed E-state index contributed by atoms with van der Waals surface area (Å²) in [5.74, 6) is 0.0918. The number of carbonyl (C=O) groups is 2. The number of benzene rings is 2. The van der Waals surface area contributed by atoms with Crippen molar-refractivity contribution in [1.82, 2.24) is 20.0 Å². The molecule has 2 amide bonds. The molecule has 0 atom stereocenters. The minimum Gasteiger partial charge on any atom is -0.339 e. The van der Waals surface area contributed by atoms with Crippen LogP contribution in [-0.2, 0) is 11.2 Å². The predicted molar refractivity (Wildman–Crippen MR) is 124 cm³/mol. The molecule has 31 heavy (non-hydrogen) atoms. The molecular weight excluding hydrogens is 456 g/mol. The van der Waals surface area contributed by atoms with Crippen molar-refractivity contribution in [3.05, 3.63) is 76.4 Å². The zero-order valence-corrected chi connectivity index (χ0v) is 18.8. The molecule has 1 saturated heterocycles. The maximum atomic E-state index is 12.8. The number of piperazine rings is 1. The van der Waals surface area contributed by atoms with E-state index in [0.29, 0.717) is 38.3 Å². The van der Waals surface area contributed by atoms with Crippen LogP contribution in [0.15, 0.2) is 65.1 Å². The molecule has 7 heteroatoms. The van der Waals surface area contributed by atoms with Gasteiger partial charge >= 0.3 is 0 Å². The molecule has 1 fully saturated rings. The quantitative estimate of drug-likeness (QED) is 0.576. The van der Waals surface area contributed by atoms with Gasteiger partial charge < -0.3 is 9.80 Å². The van der Waals surface area contributed by atoms with E-state index in [1.54, 1.807) is 11.0 Å². The zero-order valence-electron chi connectivity index (χ0n) is 17.3. The Morgan fingerprint density at radius 3 is 2.32 bits per heavy atom. The van der Waals surface area contributed by atoms with Gasteiger partial charge in [-0.15, -0.1) is 0 Å². The first-order valence-corrected chi connectivity index (χ1v) is 11.3. The largest absolute Gasteiger partial charge is 0.339 e. The van der Waals surface area contributed by atoms with Gasteiger partial charge in [0.05, 0.1) is 5.69 Å². The van der Waals surface area contributed by atoms with Gasteiger partial charge in [0.2, 0.25) is 5.91 Å². The third kappa shape index (κ3) is 5.41. The number of H-pyrrole nitrogens is 1. The Balaban J connectivity index is 1.26. The van der Waals surface area contributed by atoms with E-state index in [2.05, 4.69) is 38.3 Å². The van der Waals surface area contributed by atoms with Crippen LogP contribution in [0.3, 0.4) is 0 Å². The van der Waals surface area contributed by atoms with E-state index in [-0.39, 0.29) is 11.8 Å². The molecule has 2 heterocycles. The van der Waals surface area contributed by atoms with Gasteiger partial charge in [0, 0.05) is 42.6 Å². The first-order chi connectivity index (χ1) is 15.1. The summed E-state index contributed by atoms with van der Waals surface area (Å²) in [5, 5.41) is 7.14. The Kier molecular flexibility index (Phi) is 6.82. The van der Waals surface area contributed by atoms with Crippen molar-refractivity contribution in [3.8, 4) is 11.3 Å². The van der Waals surface area contributed by atoms with Gasteiger partial charge in [-0.1, -0.05) is 58.4 Å². The molecule has 0 unspecified atom stereocenters. The minimum absolute atomic E-state index is 0.0768. The highest BCUT2D eigenvalue weighted by Crippen LogP contribution is 2.21. The molecule has 0 saturated carbocycles. The molecule has 4 rings (SSSR count). The summed E-state index contributed by atoms with van der Waals surface area (Å²) in [6.07, 6.45) is 2.29. The second-order valence-corrected chi connectivity index (χ2v) is 8.60. The molecule has 0 radical (unpaired) electrons. The number of halogens is 1. The standard InChI is InChI=1S/C24H25BrN4O2/c25-20-11-9-19(10-12-20)21-17-22(27-26-21)24(31)29-15-13-28(14-16-29)23(30)8-4-7-18-5-2-1-3-6-18/h1-3,5-6,9-12,17H,4,7-8,13-16H2,(H,26,27). The van der Waals surface area contributed by atoms with Gasteiger partial charge in [-0.2, -0.15) is 5.10 Å². The summed E-state index contributed by atoms with van der Waals surface area (Å²) in [5.41, 5.74) is 3.42. The molecule has 0 spiro atoms. The lowest BCUT2D eigenvalue weighted by Gasteiger charge is -2.34. The van der Waals surface area contributed by atoms with Crippen LogP contribution in [0, 0.1) is 0 Å². The molecule has 2 aromatic carbocycles. The Morgan fingerprint density at radius 2 is 1.61 bits per heavy atom. The van der Waals surface area contributed by atoms with Gasteiger partial charge in [0.15, 0.2) is 0 Å². The first-order valence-electron chi connectivity index (χ1n) is 10.5. The fraction of sp³-hybridized carbons (Fsp3) is 0.292. The molecule has 1 aromatic heterocycles. The molecule has 1 aliphatic heterocycles. The highest BCUT2D eigenvalue weighted by molar-refractivity contribution is 9.10. The fourth-order valence-electron chi connectivity index (χ4n) is 3.78. The van der Waals surface area contributed by atoms with E-state index >= 15 is 0 Å². The van der Waals surface area contributed by atoms with Gasteiger partial charge in [0.25, 0.3) is 5.91 Å². The number of aryl methyl sites for hydroxylation is 1. The summed E-state index contributed by atoms with van der Waals surface area (Å²) in [6, 6.07) is 19.8. The van der Waals surface area contributed by atoms with Crippen LogP contribution in [0.25, 0.3) is 11.3 Å². The average Bonchev–Trinajstić information content (AvgIpc) is 3.30. The number of aromatic amines is 1. The van der Waals surface area contributed by atoms with Gasteiger partial charge in [-0.05, 0) is 36.6 Å². The number of nitrogens with one attached hydrogen (secondary N) is 1. The van der Waals surface area contributed by atoms with Crippen molar-refractivity contribution in [2.75, 3.05) is 26.2 Å². The first kappa shape index (κ1) is 21.3. The van der Waals surface area contributed by atoms with Crippen LogP contribution in [0.4, 0.5) is 0 Å². The molecule has 1 aliphatic rings. The second kappa shape index (κ2) is 9.92. The Hall–Kier alpha value is -2.93. The molecule has 1 N–H and O–H groups in total. The number of hydrogen-bond acceptors (Lipinski definition) is 3. The summed E-state index contributed by atoms with van der Waals surface area (Å²) in [4.78, 5) is 29.0. The zero-order chi connectivity index (χ0) is 21.6. The Bertz CT molecular complexity index is 1030. The van der Waals surface area contributed by atoms with Gasteiger partial charge in [0.1, 0.15) is 5.69 Å². The van der Waals surface area contributed by atoms with Crippen LogP contribution in [0.1, 0.15) is 28.9 Å². The van der Waals surface area contributed by atoms with Crippen molar-refractivity contribution in [2.24, 2.45) is 0 Å². The van der Waals surface area contributed by atoms with E-state index in [9.17, 15) is 9.59 Å². The number of amides is 2. The third-order valence-corrected chi connectivity index (χ3v) is 6.10. The number of nitrogens with zero attached hydrogens (tertiary/aromatic N) is 3. The second-order valence-electron chi connectivity index (χ2n) is 7.69. The molecule has 0 aliphatic carbocycles. The van der Waals surface area contributed by atoms with Gasteiger partial charge in [-0.3, -0.25) is 14.7 Å². The SMILES string of the molecule is O=C(CCCc1ccccc1)N1CCN(C(=O)c2cc(-c3ccc(Br)cc3)n[nH]2)CC1. The Labute approximate surface area is 190 Å². The fourth-order valence-corrected chi connectivity index (χ4v) is 4.04. The molecular formula is C24H25BrN4O2. The number of hydrogen-bond donors (Lipinski definition) is 1. The normalized spacial score (nSPS) is 14.0. The lowest BCUT2D eigenvalue weighted by Crippen LogP contribution is -2.50. The lowest BCUT2D eigenvalue weighted by molar-refractivity contribution is -0.132. The van der Waals surface area contributed by atoms with Crippen molar-refractivity contribution in [1.29, 1.82) is 0 Å². The minimum atomic E-state index is -0.0768. The summed E-state index contributed by atoms with van der Waals surface area (Å²) in [6.45, 7) is 2.22. The van der Waals surface area contributed by atoms with E-state index in [1.807, 2.05) is 47.4 Å². The molecule has 160 valence electrons. The maximum Gasteiger partial charge on any atom is 0.272 e. The predicted octanol–water partition coefficient (Wildman–Crippen LogP) is 4.15. The van der Waals surface area contributed by atoms with E-state index in [1.165, 1.54) is 5.56 Å². The van der Waals surface area contributed by atoms with Gasteiger partial charge in [-0.25, -0.2) is 0 Å². The number of carbonyl (C=O) groups excluding carboxylic acids is 2. The lowest BCUT2D eigenvalue weighted by atomic mass is 10.1. The Morgan fingerprint density at radius 1 is 0.935 bits per heavy atom.